The predicted octanol–water partition coefficient (Wildman–Crippen LogP) is 2.60. The summed E-state index contributed by atoms with van der Waals surface area (Å²) in [5, 5.41) is 18.1. The lowest BCUT2D eigenvalue weighted by molar-refractivity contribution is 0.261. The zero-order valence-corrected chi connectivity index (χ0v) is 11.2. The summed E-state index contributed by atoms with van der Waals surface area (Å²) in [7, 11) is 0. The molecule has 2 aromatic rings. The molecule has 96 valence electrons. The van der Waals surface area contributed by atoms with Gasteiger partial charge in [0, 0.05) is 17.5 Å². The summed E-state index contributed by atoms with van der Waals surface area (Å²) in [5.41, 5.74) is 1.12. The number of halogens is 1. The minimum absolute atomic E-state index is 0.0915. The molecule has 0 unspecified atom stereocenters. The van der Waals surface area contributed by atoms with Gasteiger partial charge in [-0.3, -0.25) is 0 Å². The normalized spacial score (nSPS) is 11.2. The van der Waals surface area contributed by atoms with Crippen LogP contribution in [0.15, 0.2) is 24.3 Å². The van der Waals surface area contributed by atoms with Crippen molar-refractivity contribution in [3.63, 3.8) is 0 Å². The Kier molecular flexibility index (Phi) is 3.99. The van der Waals surface area contributed by atoms with Crippen LogP contribution in [0.3, 0.4) is 0 Å². The largest absolute Gasteiger partial charge is 0.388 e. The van der Waals surface area contributed by atoms with E-state index >= 15 is 0 Å². The highest BCUT2D eigenvalue weighted by molar-refractivity contribution is 6.30. The monoisotopic (exact) mass is 265 g/mol. The molecular weight excluding hydrogens is 250 g/mol. The number of rotatable bonds is 4. The molecule has 4 nitrogen and oxygen atoms in total. The van der Waals surface area contributed by atoms with Gasteiger partial charge in [-0.1, -0.05) is 23.7 Å². The molecule has 0 atom stereocenters. The van der Waals surface area contributed by atoms with Gasteiger partial charge in [-0.2, -0.15) is 0 Å². The fraction of sp³-hybridized carbons (Fsp3) is 0.385. The van der Waals surface area contributed by atoms with Gasteiger partial charge >= 0.3 is 0 Å². The van der Waals surface area contributed by atoms with E-state index in [1.54, 1.807) is 0 Å². The van der Waals surface area contributed by atoms with Gasteiger partial charge in [0.2, 0.25) is 0 Å². The molecule has 1 aromatic carbocycles. The average Bonchev–Trinajstić information content (AvgIpc) is 2.75. The molecule has 0 aliphatic heterocycles. The van der Waals surface area contributed by atoms with Crippen molar-refractivity contribution in [1.82, 2.24) is 14.8 Å². The Hall–Kier alpha value is -1.39. The van der Waals surface area contributed by atoms with E-state index in [4.69, 9.17) is 11.6 Å². The second-order valence-electron chi connectivity index (χ2n) is 4.46. The van der Waals surface area contributed by atoms with Gasteiger partial charge in [-0.15, -0.1) is 10.2 Å². The maximum Gasteiger partial charge on any atom is 0.159 e. The van der Waals surface area contributed by atoms with E-state index in [9.17, 15) is 5.11 Å². The molecular formula is C13H16ClN3O. The van der Waals surface area contributed by atoms with Crippen molar-refractivity contribution in [2.75, 3.05) is 0 Å². The van der Waals surface area contributed by atoms with Crippen molar-refractivity contribution >= 4 is 11.6 Å². The lowest BCUT2D eigenvalue weighted by atomic mass is 10.1. The van der Waals surface area contributed by atoms with Crippen LogP contribution < -0.4 is 0 Å². The quantitative estimate of drug-likeness (QED) is 0.924. The van der Waals surface area contributed by atoms with Crippen LogP contribution in [0.4, 0.5) is 0 Å². The summed E-state index contributed by atoms with van der Waals surface area (Å²) in [5.74, 6) is 1.46. The maximum atomic E-state index is 9.24. The molecule has 1 N–H and O–H groups in total. The van der Waals surface area contributed by atoms with Gasteiger partial charge in [0.05, 0.1) is 0 Å². The third kappa shape index (κ3) is 2.71. The van der Waals surface area contributed by atoms with E-state index in [0.29, 0.717) is 12.2 Å². The van der Waals surface area contributed by atoms with Crippen molar-refractivity contribution in [2.24, 2.45) is 0 Å². The summed E-state index contributed by atoms with van der Waals surface area (Å²) in [4.78, 5) is 0. The Balaban J connectivity index is 2.28. The SMILES string of the molecule is CC(C)n1c(CO)nnc1Cc1ccc(Cl)cc1. The molecule has 0 amide bonds. The predicted molar refractivity (Wildman–Crippen MR) is 70.6 cm³/mol. The van der Waals surface area contributed by atoms with Crippen LogP contribution in [0.25, 0.3) is 0 Å². The Morgan fingerprint density at radius 2 is 1.78 bits per heavy atom. The minimum atomic E-state index is -0.0915. The minimum Gasteiger partial charge on any atom is -0.388 e. The first-order valence-electron chi connectivity index (χ1n) is 5.89. The number of hydrogen-bond acceptors (Lipinski definition) is 3. The molecule has 0 radical (unpaired) electrons. The molecule has 18 heavy (non-hydrogen) atoms. The number of nitrogens with zero attached hydrogens (tertiary/aromatic N) is 3. The van der Waals surface area contributed by atoms with E-state index in [0.717, 1.165) is 16.4 Å². The van der Waals surface area contributed by atoms with E-state index < -0.39 is 0 Å². The molecule has 0 saturated heterocycles. The first kappa shape index (κ1) is 13.1. The van der Waals surface area contributed by atoms with E-state index in [-0.39, 0.29) is 12.6 Å². The maximum absolute atomic E-state index is 9.24. The summed E-state index contributed by atoms with van der Waals surface area (Å²) in [6, 6.07) is 7.89. The van der Waals surface area contributed by atoms with E-state index in [1.807, 2.05) is 42.7 Å². The van der Waals surface area contributed by atoms with Gasteiger partial charge < -0.3 is 9.67 Å². The van der Waals surface area contributed by atoms with E-state index in [1.165, 1.54) is 0 Å². The summed E-state index contributed by atoms with van der Waals surface area (Å²) in [6.45, 7) is 4.01. The van der Waals surface area contributed by atoms with Crippen LogP contribution in [-0.4, -0.2) is 19.9 Å². The lowest BCUT2D eigenvalue weighted by Crippen LogP contribution is -2.10. The average molecular weight is 266 g/mol. The van der Waals surface area contributed by atoms with Gasteiger partial charge in [-0.05, 0) is 31.5 Å². The molecule has 0 saturated carbocycles. The molecule has 0 aliphatic carbocycles. The highest BCUT2D eigenvalue weighted by atomic mass is 35.5. The van der Waals surface area contributed by atoms with Gasteiger partial charge in [0.25, 0.3) is 0 Å². The zero-order valence-electron chi connectivity index (χ0n) is 10.5. The highest BCUT2D eigenvalue weighted by Gasteiger charge is 2.14. The fourth-order valence-electron chi connectivity index (χ4n) is 1.97. The number of aliphatic hydroxyl groups is 1. The van der Waals surface area contributed by atoms with Crippen LogP contribution in [0.1, 0.15) is 37.1 Å². The topological polar surface area (TPSA) is 50.9 Å². The Bertz CT molecular complexity index is 520. The Labute approximate surface area is 111 Å². The third-order valence-corrected chi connectivity index (χ3v) is 3.02. The molecule has 2 rings (SSSR count). The van der Waals surface area contributed by atoms with Crippen molar-refractivity contribution in [1.29, 1.82) is 0 Å². The molecule has 0 fully saturated rings. The second kappa shape index (κ2) is 5.50. The Morgan fingerprint density at radius 3 is 2.33 bits per heavy atom. The number of aliphatic hydroxyl groups excluding tert-OH is 1. The zero-order chi connectivity index (χ0) is 13.1. The lowest BCUT2D eigenvalue weighted by Gasteiger charge is -2.13. The van der Waals surface area contributed by atoms with Crippen LogP contribution in [0.2, 0.25) is 5.02 Å². The molecule has 0 spiro atoms. The van der Waals surface area contributed by atoms with Gasteiger partial charge in [-0.25, -0.2) is 0 Å². The number of benzene rings is 1. The summed E-state index contributed by atoms with van der Waals surface area (Å²) >= 11 is 5.86. The standard InChI is InChI=1S/C13H16ClN3O/c1-9(2)17-12(15-16-13(17)8-18)7-10-3-5-11(14)6-4-10/h3-6,9,18H,7-8H2,1-2H3. The van der Waals surface area contributed by atoms with E-state index in [2.05, 4.69) is 10.2 Å². The summed E-state index contributed by atoms with van der Waals surface area (Å²) < 4.78 is 1.97. The van der Waals surface area contributed by atoms with Crippen LogP contribution >= 0.6 is 11.6 Å². The van der Waals surface area contributed by atoms with Crippen LogP contribution in [-0.2, 0) is 13.0 Å². The molecule has 1 aromatic heterocycles. The van der Waals surface area contributed by atoms with Crippen LogP contribution in [0, 0.1) is 0 Å². The van der Waals surface area contributed by atoms with Gasteiger partial charge in [0.15, 0.2) is 5.82 Å². The summed E-state index contributed by atoms with van der Waals surface area (Å²) in [6.07, 6.45) is 0.683. The fourth-order valence-corrected chi connectivity index (χ4v) is 2.10. The first-order valence-corrected chi connectivity index (χ1v) is 6.27. The molecule has 0 aliphatic rings. The highest BCUT2D eigenvalue weighted by Crippen LogP contribution is 2.16. The smallest absolute Gasteiger partial charge is 0.159 e. The van der Waals surface area contributed by atoms with Crippen molar-refractivity contribution in [2.45, 2.75) is 32.9 Å². The van der Waals surface area contributed by atoms with Crippen LogP contribution in [0.5, 0.6) is 0 Å². The second-order valence-corrected chi connectivity index (χ2v) is 4.89. The molecule has 1 heterocycles. The molecule has 0 bridgehead atoms. The van der Waals surface area contributed by atoms with Crippen molar-refractivity contribution in [3.8, 4) is 0 Å². The van der Waals surface area contributed by atoms with Gasteiger partial charge in [0.1, 0.15) is 12.4 Å². The number of hydrogen-bond donors (Lipinski definition) is 1. The third-order valence-electron chi connectivity index (χ3n) is 2.77. The molecule has 5 heteroatoms. The first-order chi connectivity index (χ1) is 8.61. The van der Waals surface area contributed by atoms with Crippen molar-refractivity contribution < 1.29 is 5.11 Å². The van der Waals surface area contributed by atoms with Crippen molar-refractivity contribution in [3.05, 3.63) is 46.5 Å². The Morgan fingerprint density at radius 1 is 1.17 bits per heavy atom. The number of aromatic nitrogens is 3.